The molecular weight excluding hydrogens is 427 g/mol. The van der Waals surface area contributed by atoms with Gasteiger partial charge in [-0.05, 0) is 32.1 Å². The fraction of sp³-hybridized carbons (Fsp3) is 1.00. The van der Waals surface area contributed by atoms with E-state index < -0.39 is 8.25 Å². The van der Waals surface area contributed by atoms with Crippen molar-refractivity contribution in [3.63, 3.8) is 0 Å². The molecule has 0 aromatic carbocycles. The van der Waals surface area contributed by atoms with Gasteiger partial charge in [-0.25, -0.2) is 0 Å². The number of rotatable bonds is 7. The van der Waals surface area contributed by atoms with E-state index in [1.807, 2.05) is 0 Å². The molecule has 0 aromatic rings. The first-order chi connectivity index (χ1) is 7.41. The maximum atomic E-state index is 8.70. The summed E-state index contributed by atoms with van der Waals surface area (Å²) in [6.07, 6.45) is 6.32. The first-order valence-electron chi connectivity index (χ1n) is 5.07. The molecule has 0 amide bonds. The molecule has 16 heavy (non-hydrogen) atoms. The second-order valence-corrected chi connectivity index (χ2v) is 7.12. The molecule has 0 rings (SSSR count). The summed E-state index contributed by atoms with van der Waals surface area (Å²) < 4.78 is 9.10. The molecule has 98 valence electrons. The van der Waals surface area contributed by atoms with Crippen LogP contribution < -0.4 is 0 Å². The minimum Gasteiger partial charge on any atom is -0.134 e. The lowest BCUT2D eigenvalue weighted by Gasteiger charge is -2.25. The molecule has 0 saturated heterocycles. The molecule has 0 heterocycles. The van der Waals surface area contributed by atoms with Crippen molar-refractivity contribution in [2.75, 3.05) is 10.7 Å². The van der Waals surface area contributed by atoms with Gasteiger partial charge in [0.05, 0.1) is 0 Å². The van der Waals surface area contributed by atoms with Gasteiger partial charge in [0.15, 0.2) is 0 Å². The van der Waals surface area contributed by atoms with Gasteiger partial charge >= 0.3 is 8.25 Å². The van der Waals surface area contributed by atoms with E-state index in [1.165, 1.54) is 32.1 Å². The Morgan fingerprint density at radius 1 is 1.12 bits per heavy atom. The molecule has 0 aliphatic carbocycles. The minimum atomic E-state index is -2.87. The molecule has 0 spiro atoms. The third-order valence-corrected chi connectivity index (χ3v) is 4.63. The highest BCUT2D eigenvalue weighted by Crippen LogP contribution is 2.33. The third kappa shape index (κ3) is 15.5. The average molecular weight is 446 g/mol. The molecule has 0 aliphatic rings. The van der Waals surface area contributed by atoms with E-state index in [2.05, 4.69) is 54.7 Å². The zero-order valence-corrected chi connectivity index (χ0v) is 15.0. The topological polar surface area (TPSA) is 57.5 Å². The first-order valence-corrected chi connectivity index (χ1v) is 9.27. The molecular formula is C9H19Br3O3P+. The van der Waals surface area contributed by atoms with Gasteiger partial charge in [0.2, 0.25) is 0 Å². The van der Waals surface area contributed by atoms with Crippen LogP contribution in [0.15, 0.2) is 0 Å². The fourth-order valence-electron chi connectivity index (χ4n) is 1.25. The summed E-state index contributed by atoms with van der Waals surface area (Å²) in [6.45, 7) is 2.26. The van der Waals surface area contributed by atoms with Gasteiger partial charge in [-0.1, -0.05) is 54.7 Å². The lowest BCUT2D eigenvalue weighted by Crippen LogP contribution is -2.19. The summed E-state index contributed by atoms with van der Waals surface area (Å²) in [4.78, 5) is 14.2. The normalized spacial score (nSPS) is 10.6. The number of halogens is 3. The highest BCUT2D eigenvalue weighted by atomic mass is 79.9. The molecule has 0 atom stereocenters. The Balaban J connectivity index is 0. The van der Waals surface area contributed by atoms with Crippen LogP contribution in [0.4, 0.5) is 0 Å². The van der Waals surface area contributed by atoms with Crippen LogP contribution in [0.3, 0.4) is 0 Å². The molecule has 0 unspecified atom stereocenters. The van der Waals surface area contributed by atoms with Crippen LogP contribution >= 0.6 is 56.0 Å². The predicted octanol–water partition coefficient (Wildman–Crippen LogP) is 4.51. The first kappa shape index (κ1) is 19.8. The molecule has 0 fully saturated rings. The van der Waals surface area contributed by atoms with Crippen LogP contribution in [-0.2, 0) is 4.57 Å². The van der Waals surface area contributed by atoms with Gasteiger partial charge in [0.1, 0.15) is 0 Å². The van der Waals surface area contributed by atoms with Crippen molar-refractivity contribution in [1.29, 1.82) is 0 Å². The standard InChI is InChI=1S/C9H17Br3.HO3P/c1-2-9(12,5-3-7-10)6-4-8-11;1-4(2)3/h2-8H2,1H3;(H-,1,2,3)/p+1. The number of alkyl halides is 3. The van der Waals surface area contributed by atoms with Gasteiger partial charge in [0, 0.05) is 19.5 Å². The van der Waals surface area contributed by atoms with Crippen LogP contribution in [0.2, 0.25) is 0 Å². The van der Waals surface area contributed by atoms with E-state index >= 15 is 0 Å². The summed E-state index contributed by atoms with van der Waals surface area (Å²) >= 11 is 10.8. The van der Waals surface area contributed by atoms with Gasteiger partial charge in [-0.15, -0.1) is 9.79 Å². The zero-order chi connectivity index (χ0) is 13.0. The Morgan fingerprint density at radius 2 is 1.44 bits per heavy atom. The molecule has 0 aliphatic heterocycles. The Morgan fingerprint density at radius 3 is 1.62 bits per heavy atom. The van der Waals surface area contributed by atoms with Crippen molar-refractivity contribution in [3.05, 3.63) is 0 Å². The van der Waals surface area contributed by atoms with Gasteiger partial charge in [0.25, 0.3) is 0 Å². The van der Waals surface area contributed by atoms with Gasteiger partial charge in [-0.2, -0.15) is 0 Å². The summed E-state index contributed by atoms with van der Waals surface area (Å²) in [6, 6.07) is 0. The molecule has 2 N–H and O–H groups in total. The monoisotopic (exact) mass is 443 g/mol. The molecule has 0 saturated carbocycles. The minimum absolute atomic E-state index is 0.397. The van der Waals surface area contributed by atoms with E-state index in [9.17, 15) is 0 Å². The van der Waals surface area contributed by atoms with Gasteiger partial charge < -0.3 is 0 Å². The quantitative estimate of drug-likeness (QED) is 0.448. The summed E-state index contributed by atoms with van der Waals surface area (Å²) in [5.74, 6) is 0. The van der Waals surface area contributed by atoms with Gasteiger partial charge in [-0.3, -0.25) is 0 Å². The molecule has 0 bridgehead atoms. The van der Waals surface area contributed by atoms with Crippen LogP contribution in [-0.4, -0.2) is 24.8 Å². The summed E-state index contributed by atoms with van der Waals surface area (Å²) in [7, 11) is -2.87. The fourth-order valence-corrected chi connectivity index (χ4v) is 2.37. The van der Waals surface area contributed by atoms with E-state index in [4.69, 9.17) is 14.4 Å². The van der Waals surface area contributed by atoms with E-state index in [0.717, 1.165) is 10.7 Å². The number of hydrogen-bond acceptors (Lipinski definition) is 1. The third-order valence-electron chi connectivity index (χ3n) is 2.15. The maximum Gasteiger partial charge on any atom is 0.692 e. The molecule has 3 nitrogen and oxygen atoms in total. The lowest BCUT2D eigenvalue weighted by molar-refractivity contribution is 0.405. The zero-order valence-electron chi connectivity index (χ0n) is 9.33. The average Bonchev–Trinajstić information content (AvgIpc) is 2.23. The van der Waals surface area contributed by atoms with Crippen molar-refractivity contribution >= 4 is 56.0 Å². The van der Waals surface area contributed by atoms with Crippen LogP contribution in [0.1, 0.15) is 39.0 Å². The highest BCUT2D eigenvalue weighted by Gasteiger charge is 2.22. The van der Waals surface area contributed by atoms with E-state index in [-0.39, 0.29) is 0 Å². The smallest absolute Gasteiger partial charge is 0.134 e. The van der Waals surface area contributed by atoms with Crippen molar-refractivity contribution < 1.29 is 14.4 Å². The van der Waals surface area contributed by atoms with E-state index in [0.29, 0.717) is 4.32 Å². The predicted molar refractivity (Wildman–Crippen MR) is 80.0 cm³/mol. The molecule has 7 heteroatoms. The summed E-state index contributed by atoms with van der Waals surface area (Å²) in [5.41, 5.74) is 0. The Bertz CT molecular complexity index is 169. The largest absolute Gasteiger partial charge is 0.692 e. The van der Waals surface area contributed by atoms with Crippen molar-refractivity contribution in [2.24, 2.45) is 0 Å². The van der Waals surface area contributed by atoms with E-state index in [1.54, 1.807) is 0 Å². The Kier molecular flexibility index (Phi) is 16.0. The van der Waals surface area contributed by atoms with Crippen molar-refractivity contribution in [2.45, 2.75) is 43.4 Å². The second kappa shape index (κ2) is 12.9. The van der Waals surface area contributed by atoms with Crippen LogP contribution in [0.5, 0.6) is 0 Å². The highest BCUT2D eigenvalue weighted by molar-refractivity contribution is 9.10. The van der Waals surface area contributed by atoms with Crippen molar-refractivity contribution in [1.82, 2.24) is 0 Å². The van der Waals surface area contributed by atoms with Crippen LogP contribution in [0, 0.1) is 0 Å². The molecule has 0 radical (unpaired) electrons. The van der Waals surface area contributed by atoms with Crippen LogP contribution in [0.25, 0.3) is 0 Å². The number of hydrogen-bond donors (Lipinski definition) is 2. The summed E-state index contributed by atoms with van der Waals surface area (Å²) in [5, 5.41) is 2.24. The SMILES string of the molecule is CCC(Br)(CCCBr)CCCBr.O=[P+](O)O. The molecule has 0 aromatic heterocycles. The lowest BCUT2D eigenvalue weighted by atomic mass is 9.95. The Labute approximate surface area is 124 Å². The Hall–Kier alpha value is 1.46. The maximum absolute atomic E-state index is 8.70. The second-order valence-electron chi connectivity index (χ2n) is 3.34. The van der Waals surface area contributed by atoms with Crippen molar-refractivity contribution in [3.8, 4) is 0 Å².